The van der Waals surface area contributed by atoms with Crippen LogP contribution < -0.4 is 0 Å². The molecule has 0 aromatic heterocycles. The molecule has 2 fully saturated rings. The molecule has 3 rings (SSSR count). The SMILES string of the molecule is O=C(O)c1ccc(C[C@H]2CCN(C(=O)CCC3CC3)C2)cc1. The lowest BCUT2D eigenvalue weighted by Crippen LogP contribution is -2.28. The maximum absolute atomic E-state index is 12.2. The van der Waals surface area contributed by atoms with Gasteiger partial charge in [0.25, 0.3) is 0 Å². The van der Waals surface area contributed by atoms with Gasteiger partial charge in [-0.2, -0.15) is 0 Å². The summed E-state index contributed by atoms with van der Waals surface area (Å²) < 4.78 is 0. The van der Waals surface area contributed by atoms with E-state index < -0.39 is 5.97 Å². The zero-order chi connectivity index (χ0) is 15.5. The molecule has 1 heterocycles. The van der Waals surface area contributed by atoms with Crippen LogP contribution in [0.3, 0.4) is 0 Å². The zero-order valence-corrected chi connectivity index (χ0v) is 12.8. The standard InChI is InChI=1S/C18H23NO3/c20-17(8-5-13-1-2-13)19-10-9-15(12-19)11-14-3-6-16(7-4-14)18(21)22/h3-4,6-7,13,15H,1-2,5,8-12H2,(H,21,22)/t15-/m1/s1. The van der Waals surface area contributed by atoms with Gasteiger partial charge in [-0.1, -0.05) is 25.0 Å². The summed E-state index contributed by atoms with van der Waals surface area (Å²) in [5, 5.41) is 8.91. The molecule has 4 heteroatoms. The molecule has 2 aliphatic rings. The van der Waals surface area contributed by atoms with Crippen LogP contribution >= 0.6 is 0 Å². The van der Waals surface area contributed by atoms with Crippen molar-refractivity contribution in [1.29, 1.82) is 0 Å². The molecule has 1 atom stereocenters. The largest absolute Gasteiger partial charge is 0.478 e. The summed E-state index contributed by atoms with van der Waals surface area (Å²) in [6.45, 7) is 1.73. The minimum Gasteiger partial charge on any atom is -0.478 e. The lowest BCUT2D eigenvalue weighted by Gasteiger charge is -2.16. The second kappa shape index (κ2) is 6.51. The first-order valence-corrected chi connectivity index (χ1v) is 8.22. The summed E-state index contributed by atoms with van der Waals surface area (Å²) in [6, 6.07) is 7.10. The monoisotopic (exact) mass is 301 g/mol. The van der Waals surface area contributed by atoms with Crippen LogP contribution in [0.2, 0.25) is 0 Å². The van der Waals surface area contributed by atoms with Crippen LogP contribution in [0, 0.1) is 11.8 Å². The van der Waals surface area contributed by atoms with E-state index in [4.69, 9.17) is 5.11 Å². The number of benzene rings is 1. The summed E-state index contributed by atoms with van der Waals surface area (Å²) >= 11 is 0. The van der Waals surface area contributed by atoms with E-state index in [0.717, 1.165) is 43.8 Å². The van der Waals surface area contributed by atoms with Gasteiger partial charge in [0.05, 0.1) is 5.56 Å². The number of carboxylic acids is 1. The Kier molecular flexibility index (Phi) is 4.46. The quantitative estimate of drug-likeness (QED) is 0.879. The maximum Gasteiger partial charge on any atom is 0.335 e. The predicted molar refractivity (Wildman–Crippen MR) is 83.8 cm³/mol. The van der Waals surface area contributed by atoms with E-state index in [-0.39, 0.29) is 0 Å². The number of amides is 1. The van der Waals surface area contributed by atoms with Crippen molar-refractivity contribution in [3.05, 3.63) is 35.4 Å². The lowest BCUT2D eigenvalue weighted by molar-refractivity contribution is -0.130. The summed E-state index contributed by atoms with van der Waals surface area (Å²) in [4.78, 5) is 25.0. The Morgan fingerprint density at radius 3 is 2.45 bits per heavy atom. The molecule has 1 saturated heterocycles. The molecule has 0 spiro atoms. The molecule has 1 saturated carbocycles. The van der Waals surface area contributed by atoms with Crippen molar-refractivity contribution < 1.29 is 14.7 Å². The average Bonchev–Trinajstić information content (AvgIpc) is 3.23. The number of hydrogen-bond donors (Lipinski definition) is 1. The van der Waals surface area contributed by atoms with Gasteiger partial charge in [-0.05, 0) is 48.8 Å². The van der Waals surface area contributed by atoms with E-state index in [1.54, 1.807) is 12.1 Å². The highest BCUT2D eigenvalue weighted by Gasteiger charge is 2.28. The molecule has 4 nitrogen and oxygen atoms in total. The first-order chi connectivity index (χ1) is 10.6. The number of carboxylic acid groups (broad SMARTS) is 1. The Labute approximate surface area is 131 Å². The predicted octanol–water partition coefficient (Wildman–Crippen LogP) is 2.97. The van der Waals surface area contributed by atoms with Gasteiger partial charge in [0, 0.05) is 19.5 Å². The highest BCUT2D eigenvalue weighted by molar-refractivity contribution is 5.87. The third kappa shape index (κ3) is 3.87. The van der Waals surface area contributed by atoms with Crippen molar-refractivity contribution in [3.8, 4) is 0 Å². The molecule has 1 aromatic rings. The molecule has 118 valence electrons. The first kappa shape index (κ1) is 15.1. The molecule has 1 N–H and O–H groups in total. The van der Waals surface area contributed by atoms with Gasteiger partial charge in [0.1, 0.15) is 0 Å². The number of likely N-dealkylation sites (tertiary alicyclic amines) is 1. The van der Waals surface area contributed by atoms with Crippen molar-refractivity contribution in [3.63, 3.8) is 0 Å². The van der Waals surface area contributed by atoms with Crippen molar-refractivity contribution in [1.82, 2.24) is 4.90 Å². The minimum atomic E-state index is -0.889. The van der Waals surface area contributed by atoms with Crippen LogP contribution in [0.15, 0.2) is 24.3 Å². The molecule has 1 aliphatic heterocycles. The van der Waals surface area contributed by atoms with Gasteiger partial charge < -0.3 is 10.0 Å². The van der Waals surface area contributed by atoms with Crippen molar-refractivity contribution in [2.45, 2.75) is 38.5 Å². The molecule has 1 aromatic carbocycles. The van der Waals surface area contributed by atoms with Crippen molar-refractivity contribution in [2.75, 3.05) is 13.1 Å². The summed E-state index contributed by atoms with van der Waals surface area (Å²) in [6.07, 6.45) is 6.37. The van der Waals surface area contributed by atoms with E-state index in [1.165, 1.54) is 12.8 Å². The topological polar surface area (TPSA) is 57.6 Å². The van der Waals surface area contributed by atoms with Gasteiger partial charge in [-0.15, -0.1) is 0 Å². The number of hydrogen-bond acceptors (Lipinski definition) is 2. The third-order valence-corrected chi connectivity index (χ3v) is 4.83. The number of carbonyl (C=O) groups excluding carboxylic acids is 1. The Hall–Kier alpha value is -1.84. The number of rotatable bonds is 6. The van der Waals surface area contributed by atoms with Gasteiger partial charge in [0.2, 0.25) is 5.91 Å². The first-order valence-electron chi connectivity index (χ1n) is 8.22. The van der Waals surface area contributed by atoms with Crippen molar-refractivity contribution in [2.24, 2.45) is 11.8 Å². The van der Waals surface area contributed by atoms with E-state index >= 15 is 0 Å². The number of carbonyl (C=O) groups is 2. The average molecular weight is 301 g/mol. The van der Waals surface area contributed by atoms with Crippen LogP contribution in [0.4, 0.5) is 0 Å². The second-order valence-corrected chi connectivity index (χ2v) is 6.68. The molecule has 1 aliphatic carbocycles. The van der Waals surface area contributed by atoms with Crippen LogP contribution in [0.25, 0.3) is 0 Å². The van der Waals surface area contributed by atoms with Gasteiger partial charge in [0.15, 0.2) is 0 Å². The highest BCUT2D eigenvalue weighted by Crippen LogP contribution is 2.34. The minimum absolute atomic E-state index is 0.315. The van der Waals surface area contributed by atoms with E-state index in [1.807, 2.05) is 17.0 Å². The zero-order valence-electron chi connectivity index (χ0n) is 12.8. The fraction of sp³-hybridized carbons (Fsp3) is 0.556. The Morgan fingerprint density at radius 1 is 1.09 bits per heavy atom. The molecule has 22 heavy (non-hydrogen) atoms. The molecule has 0 radical (unpaired) electrons. The maximum atomic E-state index is 12.2. The fourth-order valence-electron chi connectivity index (χ4n) is 3.23. The fourth-order valence-corrected chi connectivity index (χ4v) is 3.23. The van der Waals surface area contributed by atoms with E-state index in [9.17, 15) is 9.59 Å². The van der Waals surface area contributed by atoms with Crippen LogP contribution in [0.5, 0.6) is 0 Å². The Bertz CT molecular complexity index is 548. The molecular weight excluding hydrogens is 278 g/mol. The van der Waals surface area contributed by atoms with Crippen LogP contribution in [-0.2, 0) is 11.2 Å². The van der Waals surface area contributed by atoms with E-state index in [0.29, 0.717) is 23.8 Å². The molecule has 0 bridgehead atoms. The Balaban J connectivity index is 1.47. The van der Waals surface area contributed by atoms with E-state index in [2.05, 4.69) is 0 Å². The second-order valence-electron chi connectivity index (χ2n) is 6.68. The Morgan fingerprint density at radius 2 is 1.82 bits per heavy atom. The van der Waals surface area contributed by atoms with Gasteiger partial charge in [-0.3, -0.25) is 4.79 Å². The van der Waals surface area contributed by atoms with Gasteiger partial charge >= 0.3 is 5.97 Å². The van der Waals surface area contributed by atoms with Crippen molar-refractivity contribution >= 4 is 11.9 Å². The lowest BCUT2D eigenvalue weighted by atomic mass is 9.98. The van der Waals surface area contributed by atoms with Crippen LogP contribution in [0.1, 0.15) is 48.0 Å². The number of nitrogens with zero attached hydrogens (tertiary/aromatic N) is 1. The van der Waals surface area contributed by atoms with Gasteiger partial charge in [-0.25, -0.2) is 4.79 Å². The summed E-state index contributed by atoms with van der Waals surface area (Å²) in [5.74, 6) is 0.742. The third-order valence-electron chi connectivity index (χ3n) is 4.83. The normalized spacial score (nSPS) is 21.1. The smallest absolute Gasteiger partial charge is 0.335 e. The molecular formula is C18H23NO3. The summed E-state index contributed by atoms with van der Waals surface area (Å²) in [7, 11) is 0. The molecule has 1 amide bonds. The molecule has 0 unspecified atom stereocenters. The van der Waals surface area contributed by atoms with Crippen LogP contribution in [-0.4, -0.2) is 35.0 Å². The summed E-state index contributed by atoms with van der Waals surface area (Å²) in [5.41, 5.74) is 1.48. The highest BCUT2D eigenvalue weighted by atomic mass is 16.4. The number of aromatic carboxylic acids is 1.